The molecule has 0 saturated heterocycles. The van der Waals surface area contributed by atoms with Crippen LogP contribution in [0, 0.1) is 19.7 Å². The molecule has 0 fully saturated rings. The van der Waals surface area contributed by atoms with E-state index >= 15 is 0 Å². The highest BCUT2D eigenvalue weighted by Crippen LogP contribution is 2.17. The Morgan fingerprint density at radius 3 is 2.31 bits per heavy atom. The van der Waals surface area contributed by atoms with Gasteiger partial charge in [-0.25, -0.2) is 9.82 Å². The number of carbonyl (C=O) groups is 2. The maximum Gasteiger partial charge on any atom is 0.329 e. The smallest absolute Gasteiger partial charge is 0.329 e. The molecule has 6 nitrogen and oxygen atoms in total. The summed E-state index contributed by atoms with van der Waals surface area (Å²) in [6.07, 6.45) is 0. The molecule has 2 N–H and O–H groups in total. The fourth-order valence-corrected chi connectivity index (χ4v) is 2.84. The number of hydrogen-bond donors (Lipinski definition) is 2. The maximum absolute atomic E-state index is 13.0. The van der Waals surface area contributed by atoms with E-state index in [9.17, 15) is 14.0 Å². The number of halogens is 1. The lowest BCUT2D eigenvalue weighted by molar-refractivity contribution is -0.136. The van der Waals surface area contributed by atoms with Gasteiger partial charge in [0.1, 0.15) is 18.2 Å². The van der Waals surface area contributed by atoms with Crippen molar-refractivity contribution in [3.8, 4) is 5.75 Å². The van der Waals surface area contributed by atoms with Gasteiger partial charge in [0.15, 0.2) is 0 Å². The van der Waals surface area contributed by atoms with E-state index in [4.69, 9.17) is 4.74 Å². The Labute approximate surface area is 186 Å². The third-order valence-electron chi connectivity index (χ3n) is 4.76. The predicted octanol–water partition coefficient (Wildman–Crippen LogP) is 4.50. The van der Waals surface area contributed by atoms with Crippen molar-refractivity contribution in [2.45, 2.75) is 27.4 Å². The monoisotopic (exact) mass is 433 g/mol. The first-order chi connectivity index (χ1) is 15.3. The van der Waals surface area contributed by atoms with Gasteiger partial charge in [0.2, 0.25) is 0 Å². The summed E-state index contributed by atoms with van der Waals surface area (Å²) in [5.74, 6) is -1.30. The number of hydrogen-bond acceptors (Lipinski definition) is 4. The van der Waals surface area contributed by atoms with E-state index in [0.29, 0.717) is 23.8 Å². The number of anilines is 1. The molecule has 2 amide bonds. The number of nitrogens with one attached hydrogen (secondary N) is 2. The highest BCUT2D eigenvalue weighted by Gasteiger charge is 2.14. The highest BCUT2D eigenvalue weighted by molar-refractivity contribution is 6.39. The van der Waals surface area contributed by atoms with Crippen molar-refractivity contribution in [3.63, 3.8) is 0 Å². The summed E-state index contributed by atoms with van der Waals surface area (Å²) in [4.78, 5) is 24.2. The first-order valence-electron chi connectivity index (χ1n) is 10.0. The Morgan fingerprint density at radius 2 is 1.62 bits per heavy atom. The molecule has 0 bridgehead atoms. The summed E-state index contributed by atoms with van der Waals surface area (Å²) in [6.45, 7) is 5.79. The number of nitrogens with zero attached hydrogens (tertiary/aromatic N) is 1. The fourth-order valence-electron chi connectivity index (χ4n) is 2.84. The van der Waals surface area contributed by atoms with Crippen molar-refractivity contribution in [1.29, 1.82) is 0 Å². The number of amides is 2. The van der Waals surface area contributed by atoms with Crippen LogP contribution in [0.15, 0.2) is 71.8 Å². The zero-order valence-corrected chi connectivity index (χ0v) is 18.1. The molecule has 7 heteroatoms. The second-order valence-corrected chi connectivity index (χ2v) is 7.35. The first-order valence-corrected chi connectivity index (χ1v) is 10.0. The number of carbonyl (C=O) groups excluding carboxylic acids is 2. The van der Waals surface area contributed by atoms with Crippen LogP contribution in [0.1, 0.15) is 29.2 Å². The lowest BCUT2D eigenvalue weighted by Crippen LogP contribution is -2.33. The number of hydrazone groups is 1. The Morgan fingerprint density at radius 1 is 0.938 bits per heavy atom. The van der Waals surface area contributed by atoms with E-state index in [1.807, 2.05) is 26.0 Å². The van der Waals surface area contributed by atoms with E-state index < -0.39 is 11.8 Å². The van der Waals surface area contributed by atoms with Crippen LogP contribution < -0.4 is 15.5 Å². The van der Waals surface area contributed by atoms with E-state index in [1.165, 1.54) is 12.1 Å². The van der Waals surface area contributed by atoms with Crippen LogP contribution in [-0.2, 0) is 16.2 Å². The Hall–Kier alpha value is -4.00. The molecule has 0 spiro atoms. The van der Waals surface area contributed by atoms with Crippen molar-refractivity contribution < 1.29 is 18.7 Å². The van der Waals surface area contributed by atoms with Crippen LogP contribution in [0.3, 0.4) is 0 Å². The molecule has 3 aromatic carbocycles. The van der Waals surface area contributed by atoms with Crippen LogP contribution in [0.25, 0.3) is 0 Å². The molecule has 3 aromatic rings. The Kier molecular flexibility index (Phi) is 7.33. The predicted molar refractivity (Wildman–Crippen MR) is 122 cm³/mol. The maximum atomic E-state index is 13.0. The molecular formula is C25H24FN3O3. The topological polar surface area (TPSA) is 79.8 Å². The summed E-state index contributed by atoms with van der Waals surface area (Å²) in [7, 11) is 0. The Balaban J connectivity index is 1.54. The minimum Gasteiger partial charge on any atom is -0.489 e. The highest BCUT2D eigenvalue weighted by atomic mass is 19.1. The van der Waals surface area contributed by atoms with Gasteiger partial charge in [-0.2, -0.15) is 5.10 Å². The fraction of sp³-hybridized carbons (Fsp3) is 0.160. The van der Waals surface area contributed by atoms with Gasteiger partial charge >= 0.3 is 11.8 Å². The van der Waals surface area contributed by atoms with Crippen LogP contribution in [0.2, 0.25) is 0 Å². The molecule has 0 heterocycles. The summed E-state index contributed by atoms with van der Waals surface area (Å²) in [5, 5.41) is 6.60. The number of rotatable bonds is 6. The molecule has 0 radical (unpaired) electrons. The lowest BCUT2D eigenvalue weighted by atomic mass is 10.1. The molecule has 0 aromatic heterocycles. The second kappa shape index (κ2) is 10.3. The van der Waals surface area contributed by atoms with Crippen molar-refractivity contribution in [3.05, 3.63) is 94.8 Å². The van der Waals surface area contributed by atoms with Gasteiger partial charge < -0.3 is 10.1 Å². The van der Waals surface area contributed by atoms with Crippen molar-refractivity contribution in [1.82, 2.24) is 5.43 Å². The molecule has 32 heavy (non-hydrogen) atoms. The summed E-state index contributed by atoms with van der Waals surface area (Å²) in [6, 6.07) is 18.8. The van der Waals surface area contributed by atoms with E-state index in [2.05, 4.69) is 15.8 Å². The summed E-state index contributed by atoms with van der Waals surface area (Å²) in [5.41, 5.74) is 6.84. The van der Waals surface area contributed by atoms with E-state index in [0.717, 1.165) is 22.3 Å². The zero-order valence-electron chi connectivity index (χ0n) is 18.1. The first kappa shape index (κ1) is 22.7. The van der Waals surface area contributed by atoms with Crippen LogP contribution in [0.4, 0.5) is 10.1 Å². The Bertz CT molecular complexity index is 1140. The molecule has 0 atom stereocenters. The van der Waals surface area contributed by atoms with Crippen molar-refractivity contribution in [2.24, 2.45) is 5.10 Å². The molecule has 0 aliphatic rings. The number of aryl methyl sites for hydroxylation is 2. The van der Waals surface area contributed by atoms with Gasteiger partial charge in [0.25, 0.3) is 0 Å². The van der Waals surface area contributed by atoms with Crippen molar-refractivity contribution >= 4 is 23.2 Å². The molecule has 0 unspecified atom stereocenters. The SMILES string of the molecule is C/C(=N\NC(=O)C(=O)Nc1cc(C)ccc1C)c1ccc(OCc2ccc(F)cc2)cc1. The zero-order chi connectivity index (χ0) is 23.1. The van der Waals surface area contributed by atoms with E-state index in [1.54, 1.807) is 49.4 Å². The molecule has 164 valence electrons. The van der Waals surface area contributed by atoms with Crippen LogP contribution in [0.5, 0.6) is 5.75 Å². The molecule has 3 rings (SSSR count). The minimum atomic E-state index is -0.857. The van der Waals surface area contributed by atoms with Gasteiger partial charge in [0, 0.05) is 5.69 Å². The van der Waals surface area contributed by atoms with E-state index in [-0.39, 0.29) is 5.82 Å². The van der Waals surface area contributed by atoms with Gasteiger partial charge in [0.05, 0.1) is 5.71 Å². The summed E-state index contributed by atoms with van der Waals surface area (Å²) >= 11 is 0. The lowest BCUT2D eigenvalue weighted by Gasteiger charge is -2.09. The van der Waals surface area contributed by atoms with Gasteiger partial charge in [-0.3, -0.25) is 9.59 Å². The van der Waals surface area contributed by atoms with Gasteiger partial charge in [-0.1, -0.05) is 24.3 Å². The molecule has 0 saturated carbocycles. The van der Waals surface area contributed by atoms with Crippen molar-refractivity contribution in [2.75, 3.05) is 5.32 Å². The third-order valence-corrected chi connectivity index (χ3v) is 4.76. The second-order valence-electron chi connectivity index (χ2n) is 7.35. The number of benzene rings is 3. The van der Waals surface area contributed by atoms with Crippen LogP contribution in [-0.4, -0.2) is 17.5 Å². The molecular weight excluding hydrogens is 409 g/mol. The number of ether oxygens (including phenoxy) is 1. The standard InChI is InChI=1S/C25H24FN3O3/c1-16-4-5-17(2)23(14-16)27-24(30)25(31)29-28-18(3)20-8-12-22(13-9-20)32-15-19-6-10-21(26)11-7-19/h4-14H,15H2,1-3H3,(H,27,30)(H,29,31)/b28-18+. The quantitative estimate of drug-likeness (QED) is 0.341. The molecule has 0 aliphatic carbocycles. The minimum absolute atomic E-state index is 0.289. The van der Waals surface area contributed by atoms with Gasteiger partial charge in [-0.05, 0) is 85.5 Å². The van der Waals surface area contributed by atoms with Gasteiger partial charge in [-0.15, -0.1) is 0 Å². The molecule has 0 aliphatic heterocycles. The third kappa shape index (κ3) is 6.25. The average molecular weight is 433 g/mol. The normalized spacial score (nSPS) is 11.1. The largest absolute Gasteiger partial charge is 0.489 e. The average Bonchev–Trinajstić information content (AvgIpc) is 2.79. The summed E-state index contributed by atoms with van der Waals surface area (Å²) < 4.78 is 18.6. The van der Waals surface area contributed by atoms with Crippen LogP contribution >= 0.6 is 0 Å².